The van der Waals surface area contributed by atoms with Crippen molar-refractivity contribution in [2.45, 2.75) is 46.3 Å². The molecule has 33 heavy (non-hydrogen) atoms. The molecule has 0 radical (unpaired) electrons. The summed E-state index contributed by atoms with van der Waals surface area (Å²) in [6.45, 7) is 7.78. The minimum Gasteiger partial charge on any atom is -0.494 e. The number of aryl methyl sites for hydroxylation is 1. The molecule has 0 saturated heterocycles. The maximum Gasteiger partial charge on any atom is 0.194 e. The Balaban J connectivity index is 0.00000306. The van der Waals surface area contributed by atoms with Crippen LogP contribution in [0.2, 0.25) is 0 Å². The summed E-state index contributed by atoms with van der Waals surface area (Å²) < 4.78 is 7.82. The number of hydrogen-bond donors (Lipinski definition) is 1. The van der Waals surface area contributed by atoms with Crippen LogP contribution in [-0.4, -0.2) is 38.8 Å². The number of hydrogen-bond acceptors (Lipinski definition) is 4. The van der Waals surface area contributed by atoms with E-state index < -0.39 is 0 Å². The number of nitrogens with zero attached hydrogens (tertiary/aromatic N) is 5. The number of benzene rings is 2. The molecule has 4 rings (SSSR count). The predicted octanol–water partition coefficient (Wildman–Crippen LogP) is 4.23. The lowest BCUT2D eigenvalue weighted by molar-refractivity contribution is 0.315. The summed E-state index contributed by atoms with van der Waals surface area (Å²) in [6, 6.07) is 16.8. The Morgan fingerprint density at radius 1 is 1.12 bits per heavy atom. The van der Waals surface area contributed by atoms with Gasteiger partial charge in [0, 0.05) is 20.1 Å². The van der Waals surface area contributed by atoms with E-state index in [1.165, 1.54) is 16.7 Å². The average molecular weight is 560 g/mol. The molecule has 0 bridgehead atoms. The molecule has 1 aromatic heterocycles. The number of ether oxygens (including phenoxy) is 1. The third-order valence-corrected chi connectivity index (χ3v) is 5.80. The van der Waals surface area contributed by atoms with Gasteiger partial charge >= 0.3 is 0 Å². The van der Waals surface area contributed by atoms with E-state index in [0.717, 1.165) is 55.9 Å². The smallest absolute Gasteiger partial charge is 0.194 e. The lowest BCUT2D eigenvalue weighted by atomic mass is 9.99. The summed E-state index contributed by atoms with van der Waals surface area (Å²) in [5.74, 6) is 3.65. The van der Waals surface area contributed by atoms with Crippen LogP contribution in [0.5, 0.6) is 5.75 Å². The van der Waals surface area contributed by atoms with Crippen molar-refractivity contribution in [3.8, 4) is 5.75 Å². The van der Waals surface area contributed by atoms with Crippen molar-refractivity contribution in [1.82, 2.24) is 25.0 Å². The molecule has 8 heteroatoms. The Hall–Kier alpha value is -2.62. The number of aliphatic imine (C=N–C) groups is 1. The van der Waals surface area contributed by atoms with Crippen LogP contribution in [0.25, 0.3) is 0 Å². The Labute approximate surface area is 213 Å². The Morgan fingerprint density at radius 2 is 1.94 bits per heavy atom. The second-order valence-corrected chi connectivity index (χ2v) is 8.15. The normalized spacial score (nSPS) is 13.3. The minimum absolute atomic E-state index is 0. The fraction of sp³-hybridized carbons (Fsp3) is 0.400. The van der Waals surface area contributed by atoms with E-state index in [4.69, 9.17) is 9.73 Å². The molecule has 0 aliphatic carbocycles. The molecule has 1 aliphatic rings. The van der Waals surface area contributed by atoms with Gasteiger partial charge in [-0.25, -0.2) is 4.99 Å². The summed E-state index contributed by atoms with van der Waals surface area (Å²) in [6.07, 6.45) is 1.98. The summed E-state index contributed by atoms with van der Waals surface area (Å²) in [7, 11) is 1.99. The molecule has 2 aromatic carbocycles. The highest BCUT2D eigenvalue weighted by molar-refractivity contribution is 14.0. The molecule has 2 heterocycles. The molecule has 7 nitrogen and oxygen atoms in total. The van der Waals surface area contributed by atoms with E-state index in [1.54, 1.807) is 0 Å². The molecular weight excluding hydrogens is 527 g/mol. The van der Waals surface area contributed by atoms with E-state index in [-0.39, 0.29) is 24.0 Å². The van der Waals surface area contributed by atoms with Gasteiger partial charge in [-0.2, -0.15) is 0 Å². The lowest BCUT2D eigenvalue weighted by Gasteiger charge is -2.32. The molecule has 0 atom stereocenters. The number of halogens is 1. The maximum atomic E-state index is 5.82. The third-order valence-electron chi connectivity index (χ3n) is 5.80. The summed E-state index contributed by atoms with van der Waals surface area (Å²) in [4.78, 5) is 7.27. The number of rotatable bonds is 7. The topological polar surface area (TPSA) is 67.6 Å². The summed E-state index contributed by atoms with van der Waals surface area (Å²) >= 11 is 0. The highest BCUT2D eigenvalue weighted by Gasteiger charge is 2.20. The Kier molecular flexibility index (Phi) is 9.11. The van der Waals surface area contributed by atoms with Gasteiger partial charge in [-0.15, -0.1) is 34.2 Å². The van der Waals surface area contributed by atoms with Crippen LogP contribution >= 0.6 is 24.0 Å². The van der Waals surface area contributed by atoms with Gasteiger partial charge in [0.25, 0.3) is 0 Å². The largest absolute Gasteiger partial charge is 0.494 e. The van der Waals surface area contributed by atoms with Crippen molar-refractivity contribution >= 4 is 29.9 Å². The fourth-order valence-electron chi connectivity index (χ4n) is 3.80. The molecule has 0 unspecified atom stereocenters. The van der Waals surface area contributed by atoms with Crippen LogP contribution in [0, 0.1) is 6.92 Å². The Morgan fingerprint density at radius 3 is 2.67 bits per heavy atom. The third kappa shape index (κ3) is 6.46. The van der Waals surface area contributed by atoms with Crippen molar-refractivity contribution in [2.75, 3.05) is 13.2 Å². The molecule has 3 aromatic rings. The molecule has 0 spiro atoms. The van der Waals surface area contributed by atoms with Crippen LogP contribution < -0.4 is 10.1 Å². The number of guanidine groups is 1. The number of aromatic nitrogens is 3. The fourth-order valence-corrected chi connectivity index (χ4v) is 3.80. The Bertz CT molecular complexity index is 1070. The van der Waals surface area contributed by atoms with Gasteiger partial charge in [-0.1, -0.05) is 43.3 Å². The van der Waals surface area contributed by atoms with Crippen LogP contribution in [0.3, 0.4) is 0 Å². The van der Waals surface area contributed by atoms with Crippen LogP contribution in [-0.2, 0) is 33.1 Å². The van der Waals surface area contributed by atoms with Gasteiger partial charge in [0.2, 0.25) is 0 Å². The van der Waals surface area contributed by atoms with Crippen molar-refractivity contribution < 1.29 is 4.74 Å². The maximum absolute atomic E-state index is 5.82. The minimum atomic E-state index is 0. The van der Waals surface area contributed by atoms with E-state index in [1.807, 2.05) is 24.6 Å². The van der Waals surface area contributed by atoms with Crippen molar-refractivity contribution in [2.24, 2.45) is 12.0 Å². The second-order valence-electron chi connectivity index (χ2n) is 8.15. The summed E-state index contributed by atoms with van der Waals surface area (Å²) in [5, 5.41) is 12.0. The first-order chi connectivity index (χ1) is 15.6. The van der Waals surface area contributed by atoms with Gasteiger partial charge in [0.15, 0.2) is 11.8 Å². The van der Waals surface area contributed by atoms with Gasteiger partial charge in [-0.05, 0) is 48.6 Å². The van der Waals surface area contributed by atoms with Crippen LogP contribution in [0.1, 0.15) is 41.7 Å². The number of nitrogens with one attached hydrogen (secondary N) is 1. The quantitative estimate of drug-likeness (QED) is 0.266. The molecule has 0 saturated carbocycles. The zero-order valence-electron chi connectivity index (χ0n) is 19.6. The van der Waals surface area contributed by atoms with E-state index >= 15 is 0 Å². The monoisotopic (exact) mass is 560 g/mol. The van der Waals surface area contributed by atoms with Crippen molar-refractivity contribution in [1.29, 1.82) is 0 Å². The van der Waals surface area contributed by atoms with E-state index in [2.05, 4.69) is 69.8 Å². The standard InChI is InChI=1S/C25H32N6O.HI/c1-4-14-32-23-11-10-22-18-31(13-12-21(22)15-23)25(26-16-20-8-6-5-7-9-20)27-17-24-29-28-19(2)30(24)3;/h5-11,15H,4,12-14,16-18H2,1-3H3,(H,26,27);1H. The highest BCUT2D eigenvalue weighted by atomic mass is 127. The molecule has 176 valence electrons. The van der Waals surface area contributed by atoms with E-state index in [9.17, 15) is 0 Å². The van der Waals surface area contributed by atoms with Crippen molar-refractivity contribution in [3.05, 3.63) is 76.9 Å². The predicted molar refractivity (Wildman–Crippen MR) is 142 cm³/mol. The molecule has 0 amide bonds. The first-order valence-corrected chi connectivity index (χ1v) is 11.3. The average Bonchev–Trinajstić information content (AvgIpc) is 3.15. The molecule has 1 N–H and O–H groups in total. The van der Waals surface area contributed by atoms with Gasteiger partial charge in [0.05, 0.1) is 19.7 Å². The number of fused-ring (bicyclic) bond motifs is 1. The van der Waals surface area contributed by atoms with Gasteiger partial charge < -0.3 is 19.5 Å². The second kappa shape index (κ2) is 12.0. The van der Waals surface area contributed by atoms with Gasteiger partial charge in [-0.3, -0.25) is 0 Å². The first kappa shape index (κ1) is 25.0. The van der Waals surface area contributed by atoms with Crippen LogP contribution in [0.4, 0.5) is 0 Å². The SMILES string of the molecule is CCCOc1ccc2c(c1)CCN(C(=NCc1ccccc1)NCc1nnc(C)n1C)C2.I. The van der Waals surface area contributed by atoms with Gasteiger partial charge in [0.1, 0.15) is 11.6 Å². The zero-order valence-corrected chi connectivity index (χ0v) is 22.0. The van der Waals surface area contributed by atoms with Crippen LogP contribution in [0.15, 0.2) is 53.5 Å². The highest BCUT2D eigenvalue weighted by Crippen LogP contribution is 2.24. The lowest BCUT2D eigenvalue weighted by Crippen LogP contribution is -2.44. The molecular formula is C25H33IN6O. The van der Waals surface area contributed by atoms with Crippen molar-refractivity contribution in [3.63, 3.8) is 0 Å². The van der Waals surface area contributed by atoms with E-state index in [0.29, 0.717) is 13.1 Å². The first-order valence-electron chi connectivity index (χ1n) is 11.3. The zero-order chi connectivity index (χ0) is 22.3. The molecule has 0 fully saturated rings. The molecule has 1 aliphatic heterocycles. The summed E-state index contributed by atoms with van der Waals surface area (Å²) in [5.41, 5.74) is 3.88.